The standard InChI is InChI=1S/C9H11O2.K/c1-7(10)8-3-5-9(11-2)6-4-8;/h3-7H,1-2H3;/q-1;+1. The van der Waals surface area contributed by atoms with Crippen LogP contribution >= 0.6 is 0 Å². The maximum atomic E-state index is 10.9. The van der Waals surface area contributed by atoms with Crippen molar-refractivity contribution in [2.75, 3.05) is 7.11 Å². The molecule has 0 aliphatic carbocycles. The second-order valence-electron chi connectivity index (χ2n) is 2.42. The van der Waals surface area contributed by atoms with E-state index in [4.69, 9.17) is 4.74 Å². The summed E-state index contributed by atoms with van der Waals surface area (Å²) < 4.78 is 4.95. The largest absolute Gasteiger partial charge is 1.00 e. The Morgan fingerprint density at radius 3 is 2.08 bits per heavy atom. The van der Waals surface area contributed by atoms with Crippen LogP contribution in [0.15, 0.2) is 24.3 Å². The molecule has 0 saturated heterocycles. The summed E-state index contributed by atoms with van der Waals surface area (Å²) in [6, 6.07) is 7.17. The number of methoxy groups -OCH3 is 1. The van der Waals surface area contributed by atoms with Crippen LogP contribution in [-0.2, 0) is 0 Å². The van der Waals surface area contributed by atoms with E-state index in [9.17, 15) is 5.11 Å². The molecular weight excluding hydrogens is 179 g/mol. The maximum absolute atomic E-state index is 10.9. The van der Waals surface area contributed by atoms with Crippen LogP contribution in [0, 0.1) is 0 Å². The molecule has 0 aliphatic heterocycles. The van der Waals surface area contributed by atoms with Crippen molar-refractivity contribution in [3.05, 3.63) is 29.8 Å². The van der Waals surface area contributed by atoms with Gasteiger partial charge in [-0.15, -0.1) is 6.10 Å². The molecule has 1 rings (SSSR count). The Morgan fingerprint density at radius 2 is 1.75 bits per heavy atom. The zero-order valence-corrected chi connectivity index (χ0v) is 10.8. The Morgan fingerprint density at radius 1 is 1.25 bits per heavy atom. The van der Waals surface area contributed by atoms with Crippen molar-refractivity contribution in [2.45, 2.75) is 13.0 Å². The summed E-state index contributed by atoms with van der Waals surface area (Å²) in [5.41, 5.74) is 0.797. The van der Waals surface area contributed by atoms with Gasteiger partial charge in [-0.25, -0.2) is 0 Å². The van der Waals surface area contributed by atoms with Crippen molar-refractivity contribution in [2.24, 2.45) is 0 Å². The predicted octanol–water partition coefficient (Wildman–Crippen LogP) is -1.88. The summed E-state index contributed by atoms with van der Waals surface area (Å²) in [7, 11) is 1.61. The van der Waals surface area contributed by atoms with Gasteiger partial charge in [0.1, 0.15) is 5.75 Å². The SMILES string of the molecule is COc1ccc(C(C)[O-])cc1.[K+]. The normalized spacial score (nSPS) is 11.6. The van der Waals surface area contributed by atoms with Crippen LogP contribution in [0.1, 0.15) is 18.6 Å². The van der Waals surface area contributed by atoms with Gasteiger partial charge in [0, 0.05) is 0 Å². The van der Waals surface area contributed by atoms with E-state index < -0.39 is 6.10 Å². The molecule has 1 unspecified atom stereocenters. The summed E-state index contributed by atoms with van der Waals surface area (Å²) >= 11 is 0. The topological polar surface area (TPSA) is 32.3 Å². The molecule has 3 heteroatoms. The third kappa shape index (κ3) is 3.56. The predicted molar refractivity (Wildman–Crippen MR) is 41.4 cm³/mol. The molecule has 0 radical (unpaired) electrons. The molecule has 2 nitrogen and oxygen atoms in total. The minimum Gasteiger partial charge on any atom is -0.849 e. The molecule has 1 atom stereocenters. The average Bonchev–Trinajstić information content (AvgIpc) is 2.05. The molecule has 0 aliphatic rings. The van der Waals surface area contributed by atoms with Crippen LogP contribution in [0.25, 0.3) is 0 Å². The first-order chi connectivity index (χ1) is 5.24. The number of benzene rings is 1. The number of hydrogen-bond donors (Lipinski definition) is 0. The van der Waals surface area contributed by atoms with Gasteiger partial charge in [-0.3, -0.25) is 0 Å². The third-order valence-electron chi connectivity index (χ3n) is 1.59. The van der Waals surface area contributed by atoms with Gasteiger partial charge in [-0.1, -0.05) is 24.6 Å². The molecule has 0 fully saturated rings. The molecule has 1 aromatic rings. The maximum Gasteiger partial charge on any atom is 1.00 e. The smallest absolute Gasteiger partial charge is 0.849 e. The second kappa shape index (κ2) is 6.13. The molecule has 0 amide bonds. The van der Waals surface area contributed by atoms with Crippen molar-refractivity contribution in [3.8, 4) is 5.75 Å². The van der Waals surface area contributed by atoms with Crippen molar-refractivity contribution >= 4 is 0 Å². The molecule has 60 valence electrons. The third-order valence-corrected chi connectivity index (χ3v) is 1.59. The summed E-state index contributed by atoms with van der Waals surface area (Å²) in [4.78, 5) is 0. The van der Waals surface area contributed by atoms with Crippen molar-refractivity contribution in [1.82, 2.24) is 0 Å². The van der Waals surface area contributed by atoms with Gasteiger partial charge >= 0.3 is 51.4 Å². The molecule has 0 heterocycles. The molecule has 0 aromatic heterocycles. The van der Waals surface area contributed by atoms with Gasteiger partial charge < -0.3 is 9.84 Å². The van der Waals surface area contributed by atoms with Crippen LogP contribution in [-0.4, -0.2) is 7.11 Å². The van der Waals surface area contributed by atoms with Crippen molar-refractivity contribution < 1.29 is 61.2 Å². The molecule has 1 aromatic carbocycles. The number of rotatable bonds is 2. The summed E-state index contributed by atoms with van der Waals surface area (Å²) in [6.45, 7) is 1.63. The van der Waals surface area contributed by atoms with E-state index in [1.54, 1.807) is 38.3 Å². The Kier molecular flexibility index (Phi) is 6.44. The Bertz CT molecular complexity index is 218. The van der Waals surface area contributed by atoms with Gasteiger partial charge in [-0.2, -0.15) is 0 Å². The van der Waals surface area contributed by atoms with Gasteiger partial charge in [0.2, 0.25) is 0 Å². The average molecular weight is 190 g/mol. The minimum absolute atomic E-state index is 0. The molecule has 0 spiro atoms. The van der Waals surface area contributed by atoms with Gasteiger partial charge in [0.25, 0.3) is 0 Å². The molecular formula is C9H11KO2. The monoisotopic (exact) mass is 190 g/mol. The van der Waals surface area contributed by atoms with Crippen LogP contribution in [0.2, 0.25) is 0 Å². The Hall–Kier alpha value is 0.616. The number of hydrogen-bond acceptors (Lipinski definition) is 2. The van der Waals surface area contributed by atoms with E-state index in [0.717, 1.165) is 11.3 Å². The molecule has 12 heavy (non-hydrogen) atoms. The van der Waals surface area contributed by atoms with E-state index in [-0.39, 0.29) is 51.4 Å². The van der Waals surface area contributed by atoms with Crippen LogP contribution in [0.5, 0.6) is 5.75 Å². The van der Waals surface area contributed by atoms with Crippen LogP contribution in [0.4, 0.5) is 0 Å². The summed E-state index contributed by atoms with van der Waals surface area (Å²) in [6.07, 6.45) is -0.652. The fraction of sp³-hybridized carbons (Fsp3) is 0.333. The molecule has 0 saturated carbocycles. The second-order valence-corrected chi connectivity index (χ2v) is 2.42. The van der Waals surface area contributed by atoms with Gasteiger partial charge in [-0.05, 0) is 12.1 Å². The van der Waals surface area contributed by atoms with E-state index in [2.05, 4.69) is 0 Å². The first-order valence-corrected chi connectivity index (χ1v) is 3.54. The minimum atomic E-state index is -0.652. The van der Waals surface area contributed by atoms with E-state index in [1.165, 1.54) is 0 Å². The van der Waals surface area contributed by atoms with Crippen LogP contribution in [0.3, 0.4) is 0 Å². The Labute approximate surface area is 115 Å². The summed E-state index contributed by atoms with van der Waals surface area (Å²) in [5.74, 6) is 0.786. The molecule has 0 bridgehead atoms. The van der Waals surface area contributed by atoms with E-state index in [1.807, 2.05) is 0 Å². The first kappa shape index (κ1) is 12.6. The van der Waals surface area contributed by atoms with Crippen molar-refractivity contribution in [1.29, 1.82) is 0 Å². The van der Waals surface area contributed by atoms with E-state index >= 15 is 0 Å². The fourth-order valence-electron chi connectivity index (χ4n) is 0.875. The fourth-order valence-corrected chi connectivity index (χ4v) is 0.875. The van der Waals surface area contributed by atoms with E-state index in [0.29, 0.717) is 0 Å². The molecule has 0 N–H and O–H groups in total. The zero-order valence-electron chi connectivity index (χ0n) is 7.70. The van der Waals surface area contributed by atoms with Gasteiger partial charge in [0.05, 0.1) is 7.11 Å². The van der Waals surface area contributed by atoms with Crippen molar-refractivity contribution in [3.63, 3.8) is 0 Å². The summed E-state index contributed by atoms with van der Waals surface area (Å²) in [5, 5.41) is 10.9. The van der Waals surface area contributed by atoms with Crippen LogP contribution < -0.4 is 61.2 Å². The first-order valence-electron chi connectivity index (χ1n) is 3.54. The quantitative estimate of drug-likeness (QED) is 0.511. The van der Waals surface area contributed by atoms with Gasteiger partial charge in [0.15, 0.2) is 0 Å². The zero-order chi connectivity index (χ0) is 8.27. The Balaban J connectivity index is 0.00000121. The number of ether oxygens (including phenoxy) is 1.